The van der Waals surface area contributed by atoms with Crippen molar-refractivity contribution in [2.75, 3.05) is 13.2 Å². The van der Waals surface area contributed by atoms with E-state index in [4.69, 9.17) is 15.3 Å². The van der Waals surface area contributed by atoms with Crippen molar-refractivity contribution in [3.8, 4) is 0 Å². The molecule has 0 amide bonds. The molecule has 0 saturated carbocycles. The van der Waals surface area contributed by atoms with Crippen LogP contribution < -0.4 is 0 Å². The van der Waals surface area contributed by atoms with Crippen LogP contribution in [0.25, 0.3) is 0 Å². The van der Waals surface area contributed by atoms with E-state index >= 15 is 0 Å². The van der Waals surface area contributed by atoms with Crippen molar-refractivity contribution in [2.24, 2.45) is 0 Å². The van der Waals surface area contributed by atoms with Gasteiger partial charge in [0.05, 0.1) is 13.2 Å². The Morgan fingerprint density at radius 2 is 1.38 bits per heavy atom. The Balaban J connectivity index is -0.000000125. The van der Waals surface area contributed by atoms with Crippen molar-refractivity contribution in [1.29, 1.82) is 0 Å². The molecule has 0 aliphatic rings. The second-order valence-electron chi connectivity index (χ2n) is 1.02. The van der Waals surface area contributed by atoms with Gasteiger partial charge in [0.25, 0.3) is 0 Å². The average Bonchev–Trinajstić information content (AvgIpc) is 1.65. The van der Waals surface area contributed by atoms with E-state index in [0.29, 0.717) is 0 Å². The second-order valence-corrected chi connectivity index (χ2v) is 1.02. The van der Waals surface area contributed by atoms with Gasteiger partial charge in [-0.25, -0.2) is 0 Å². The molecule has 0 aromatic heterocycles. The first-order chi connectivity index (χ1) is 2.81. The molecule has 3 N–H and O–H groups in total. The van der Waals surface area contributed by atoms with Gasteiger partial charge < -0.3 is 15.3 Å². The summed E-state index contributed by atoms with van der Waals surface area (Å²) in [6, 6.07) is 0. The normalized spacial score (nSPS) is 7.50. The fourth-order valence-corrected chi connectivity index (χ4v) is 0.0577. The third kappa shape index (κ3) is 10.2. The zero-order chi connectivity index (χ0) is 4.99. The molecular weight excluding hydrogens is 142 g/mol. The Labute approximate surface area is 76.4 Å². The van der Waals surface area contributed by atoms with Crippen LogP contribution in [0.4, 0.5) is 0 Å². The van der Waals surface area contributed by atoms with E-state index in [0.717, 1.165) is 0 Å². The number of aliphatic hydroxyl groups excluding tert-OH is 3. The van der Waals surface area contributed by atoms with Crippen LogP contribution in [0.3, 0.4) is 0 Å². The van der Waals surface area contributed by atoms with Crippen molar-refractivity contribution in [2.45, 2.75) is 6.10 Å². The van der Waals surface area contributed by atoms with Crippen LogP contribution in [0, 0.1) is 0 Å². The van der Waals surface area contributed by atoms with Crippen molar-refractivity contribution in [1.82, 2.24) is 0 Å². The Morgan fingerprint density at radius 1 is 1.12 bits per heavy atom. The van der Waals surface area contributed by atoms with Gasteiger partial charge in [-0.1, -0.05) is 0 Å². The third-order valence-electron chi connectivity index (χ3n) is 0.421. The molecule has 0 aromatic carbocycles. The monoisotopic (exact) mass is 151 g/mol. The quantitative estimate of drug-likeness (QED) is 0.416. The maximum atomic E-state index is 8.17. The number of halogens is 1. The summed E-state index contributed by atoms with van der Waals surface area (Å²) in [5.41, 5.74) is 0. The molecule has 5 heteroatoms. The van der Waals surface area contributed by atoms with Gasteiger partial charge in [0.2, 0.25) is 0 Å². The largest absolute Gasteiger partial charge is 0.394 e. The fourth-order valence-electron chi connectivity index (χ4n) is 0.0577. The summed E-state index contributed by atoms with van der Waals surface area (Å²) < 4.78 is 0. The van der Waals surface area contributed by atoms with Gasteiger partial charge in [0.15, 0.2) is 0 Å². The molecule has 3 nitrogen and oxygen atoms in total. The zero-order valence-corrected chi connectivity index (χ0v) is 7.56. The van der Waals surface area contributed by atoms with Crippen LogP contribution in [-0.4, -0.2) is 64.2 Å². The predicted molar refractivity (Wildman–Crippen MR) is 33.2 cm³/mol. The molecule has 1 radical (unpaired) electrons. The first kappa shape index (κ1) is 16.1. The molecule has 8 heavy (non-hydrogen) atoms. The number of aliphatic hydroxyl groups is 3. The molecule has 0 aromatic rings. The molecule has 0 fully saturated rings. The smallest absolute Gasteiger partial charge is 0.100 e. The van der Waals surface area contributed by atoms with Crippen molar-refractivity contribution >= 4 is 42.0 Å². The number of rotatable bonds is 2. The average molecular weight is 152 g/mol. The fraction of sp³-hybridized carbons (Fsp3) is 1.00. The minimum Gasteiger partial charge on any atom is -0.394 e. The predicted octanol–water partition coefficient (Wildman–Crippen LogP) is -1.63. The van der Waals surface area contributed by atoms with E-state index < -0.39 is 6.10 Å². The van der Waals surface area contributed by atoms with E-state index in [1.165, 1.54) is 0 Å². The van der Waals surface area contributed by atoms with Crippen LogP contribution in [0.1, 0.15) is 0 Å². The number of hydrogen-bond acceptors (Lipinski definition) is 3. The van der Waals surface area contributed by atoms with Gasteiger partial charge in [0, 0.05) is 29.6 Å². The van der Waals surface area contributed by atoms with Gasteiger partial charge in [0.1, 0.15) is 6.10 Å². The minimum atomic E-state index is -0.954. The molecule has 0 spiro atoms. The maximum Gasteiger partial charge on any atom is 0.100 e. The molecule has 0 atom stereocenters. The van der Waals surface area contributed by atoms with E-state index in [9.17, 15) is 0 Å². The Morgan fingerprint density at radius 3 is 1.38 bits per heavy atom. The summed E-state index contributed by atoms with van der Waals surface area (Å²) in [5, 5.41) is 24.0. The van der Waals surface area contributed by atoms with Crippen LogP contribution in [0.2, 0.25) is 0 Å². The van der Waals surface area contributed by atoms with E-state index in [1.807, 2.05) is 0 Å². The topological polar surface area (TPSA) is 60.7 Å². The first-order valence-electron chi connectivity index (χ1n) is 1.71. The Hall–Kier alpha value is 1.17. The molecule has 47 valence electrons. The van der Waals surface area contributed by atoms with Crippen LogP contribution in [0.15, 0.2) is 0 Å². The molecule has 0 aliphatic carbocycles. The van der Waals surface area contributed by atoms with Gasteiger partial charge in [-0.3, -0.25) is 0 Å². The Bertz CT molecular complexity index is 33.7. The number of hydrogen-bond donors (Lipinski definition) is 3. The second kappa shape index (κ2) is 11.0. The van der Waals surface area contributed by atoms with Crippen molar-refractivity contribution < 1.29 is 15.3 Å². The van der Waals surface area contributed by atoms with Crippen molar-refractivity contribution in [3.63, 3.8) is 0 Å². The SMILES string of the molecule is Cl.OCC(O)CO.[Na]. The summed E-state index contributed by atoms with van der Waals surface area (Å²) >= 11 is 0. The van der Waals surface area contributed by atoms with Crippen LogP contribution in [-0.2, 0) is 0 Å². The summed E-state index contributed by atoms with van der Waals surface area (Å²) in [6.45, 7) is -0.729. The maximum absolute atomic E-state index is 8.17. The molecule has 0 rings (SSSR count). The van der Waals surface area contributed by atoms with Crippen LogP contribution in [0.5, 0.6) is 0 Å². The van der Waals surface area contributed by atoms with Gasteiger partial charge in [-0.2, -0.15) is 0 Å². The minimum absolute atomic E-state index is 0. The molecule has 0 bridgehead atoms. The van der Waals surface area contributed by atoms with E-state index in [2.05, 4.69) is 0 Å². The summed E-state index contributed by atoms with van der Waals surface area (Å²) in [7, 11) is 0. The van der Waals surface area contributed by atoms with Gasteiger partial charge in [-0.05, 0) is 0 Å². The summed E-state index contributed by atoms with van der Waals surface area (Å²) in [4.78, 5) is 0. The van der Waals surface area contributed by atoms with Crippen molar-refractivity contribution in [3.05, 3.63) is 0 Å². The Kier molecular flexibility index (Phi) is 22.2. The summed E-state index contributed by atoms with van der Waals surface area (Å²) in [5.74, 6) is 0. The molecule has 0 unspecified atom stereocenters. The molecule has 0 heterocycles. The molecule has 0 aliphatic heterocycles. The third-order valence-corrected chi connectivity index (χ3v) is 0.421. The van der Waals surface area contributed by atoms with Gasteiger partial charge >= 0.3 is 0 Å². The zero-order valence-electron chi connectivity index (χ0n) is 4.74. The van der Waals surface area contributed by atoms with E-state index in [-0.39, 0.29) is 55.2 Å². The van der Waals surface area contributed by atoms with E-state index in [1.54, 1.807) is 0 Å². The summed E-state index contributed by atoms with van der Waals surface area (Å²) in [6.07, 6.45) is -0.954. The van der Waals surface area contributed by atoms with Gasteiger partial charge in [-0.15, -0.1) is 12.4 Å². The van der Waals surface area contributed by atoms with Crippen LogP contribution >= 0.6 is 12.4 Å². The molecular formula is C3H9ClNaO3. The first-order valence-corrected chi connectivity index (χ1v) is 1.71. The molecule has 0 saturated heterocycles. The standard InChI is InChI=1S/C3H8O3.ClH.Na/c4-1-3(6)2-5;;/h3-6H,1-2H2;1H;.